The largest absolute Gasteiger partial charge is 0.357 e. The molecule has 326 valence electrons. The number of rotatable bonds is 23. The van der Waals surface area contributed by atoms with Gasteiger partial charge in [-0.25, -0.2) is 0 Å². The van der Waals surface area contributed by atoms with Crippen molar-refractivity contribution in [1.82, 2.24) is 40.9 Å². The Labute approximate surface area is 341 Å². The highest BCUT2D eigenvalue weighted by atomic mass is 16.2. The van der Waals surface area contributed by atoms with E-state index in [9.17, 15) is 38.4 Å². The van der Waals surface area contributed by atoms with Gasteiger partial charge < -0.3 is 40.9 Å². The summed E-state index contributed by atoms with van der Waals surface area (Å²) in [5.74, 6) is -4.43. The van der Waals surface area contributed by atoms with E-state index < -0.39 is 77.6 Å². The third-order valence-corrected chi connectivity index (χ3v) is 9.86. The van der Waals surface area contributed by atoms with Crippen LogP contribution in [0.15, 0.2) is 12.3 Å². The second-order valence-corrected chi connectivity index (χ2v) is 16.7. The summed E-state index contributed by atoms with van der Waals surface area (Å²) in [7, 11) is 7.38. The molecule has 16 heteroatoms. The van der Waals surface area contributed by atoms with Crippen LogP contribution in [-0.4, -0.2) is 138 Å². The zero-order valence-electron chi connectivity index (χ0n) is 37.6. The van der Waals surface area contributed by atoms with Crippen LogP contribution in [0.2, 0.25) is 0 Å². The summed E-state index contributed by atoms with van der Waals surface area (Å²) in [4.78, 5) is 112. The molecule has 0 saturated carbocycles. The first-order valence-electron chi connectivity index (χ1n) is 20.1. The third-order valence-electron chi connectivity index (χ3n) is 9.86. The highest BCUT2D eigenvalue weighted by molar-refractivity contribution is 6.00. The summed E-state index contributed by atoms with van der Waals surface area (Å²) in [6.07, 6.45) is 1.73. The van der Waals surface area contributed by atoms with Crippen molar-refractivity contribution in [3.63, 3.8) is 0 Å². The number of carbonyl (C=O) groups excluding carboxylic acids is 8. The molecule has 57 heavy (non-hydrogen) atoms. The molecule has 8 amide bonds. The van der Waals surface area contributed by atoms with Gasteiger partial charge in [-0.1, -0.05) is 68.9 Å². The van der Waals surface area contributed by atoms with E-state index in [1.807, 2.05) is 48.5 Å². The van der Waals surface area contributed by atoms with E-state index >= 15 is 0 Å². The number of nitrogens with one attached hydrogen (secondary N) is 4. The lowest BCUT2D eigenvalue weighted by molar-refractivity contribution is -0.145. The lowest BCUT2D eigenvalue weighted by Gasteiger charge is -2.35. The molecule has 0 saturated heterocycles. The van der Waals surface area contributed by atoms with Gasteiger partial charge >= 0.3 is 0 Å². The second-order valence-electron chi connectivity index (χ2n) is 16.7. The fraction of sp³-hybridized carbons (Fsp3) is 0.756. The molecule has 0 unspecified atom stereocenters. The van der Waals surface area contributed by atoms with Crippen molar-refractivity contribution < 1.29 is 38.4 Å². The minimum absolute atomic E-state index is 0.0238. The van der Waals surface area contributed by atoms with Gasteiger partial charge in [0.1, 0.15) is 41.9 Å². The van der Waals surface area contributed by atoms with E-state index in [0.29, 0.717) is 12.8 Å². The third kappa shape index (κ3) is 16.1. The van der Waals surface area contributed by atoms with Gasteiger partial charge in [0.05, 0.1) is 0 Å². The highest BCUT2D eigenvalue weighted by Gasteiger charge is 2.38. The smallest absolute Gasteiger partial charge is 0.270 e. The van der Waals surface area contributed by atoms with Gasteiger partial charge in [0, 0.05) is 41.7 Å². The van der Waals surface area contributed by atoms with Crippen molar-refractivity contribution in [2.45, 2.75) is 145 Å². The Kier molecular flexibility index (Phi) is 22.4. The first kappa shape index (κ1) is 52.5. The molecule has 0 heterocycles. The summed E-state index contributed by atoms with van der Waals surface area (Å²) >= 11 is 0. The van der Waals surface area contributed by atoms with Crippen molar-refractivity contribution in [3.8, 4) is 0 Å². The molecular formula is C41H74N8O8. The minimum Gasteiger partial charge on any atom is -0.357 e. The van der Waals surface area contributed by atoms with Gasteiger partial charge in [0.2, 0.25) is 41.4 Å². The van der Waals surface area contributed by atoms with Crippen molar-refractivity contribution in [2.24, 2.45) is 23.7 Å². The number of hydrogen-bond donors (Lipinski definition) is 4. The average Bonchev–Trinajstić information content (AvgIpc) is 3.13. The Balaban J connectivity index is 6.17. The van der Waals surface area contributed by atoms with Crippen LogP contribution in [0, 0.1) is 23.7 Å². The van der Waals surface area contributed by atoms with Crippen LogP contribution < -0.4 is 21.3 Å². The molecule has 0 spiro atoms. The summed E-state index contributed by atoms with van der Waals surface area (Å²) in [6.45, 7) is 23.6. The van der Waals surface area contributed by atoms with Crippen LogP contribution in [0.5, 0.6) is 0 Å². The molecule has 4 N–H and O–H groups in total. The number of nitrogens with zero attached hydrogens (tertiary/aromatic N) is 4. The minimum atomic E-state index is -1.10. The van der Waals surface area contributed by atoms with E-state index in [-0.39, 0.29) is 54.5 Å². The van der Waals surface area contributed by atoms with Crippen molar-refractivity contribution >= 4 is 47.3 Å². The zero-order chi connectivity index (χ0) is 44.6. The highest BCUT2D eigenvalue weighted by Crippen LogP contribution is 2.19. The van der Waals surface area contributed by atoms with Crippen molar-refractivity contribution in [3.05, 3.63) is 12.3 Å². The Morgan fingerprint density at radius 3 is 1.37 bits per heavy atom. The van der Waals surface area contributed by atoms with Gasteiger partial charge in [-0.15, -0.1) is 0 Å². The van der Waals surface area contributed by atoms with Crippen LogP contribution in [0.4, 0.5) is 0 Å². The molecule has 0 aromatic heterocycles. The van der Waals surface area contributed by atoms with E-state index in [0.717, 1.165) is 0 Å². The van der Waals surface area contributed by atoms with Crippen LogP contribution in [0.25, 0.3) is 0 Å². The molecule has 0 aliphatic rings. The van der Waals surface area contributed by atoms with E-state index in [1.54, 1.807) is 13.8 Å². The van der Waals surface area contributed by atoms with Crippen LogP contribution in [0.3, 0.4) is 0 Å². The molecular weight excluding hydrogens is 732 g/mol. The quantitative estimate of drug-likeness (QED) is 0.113. The fourth-order valence-corrected chi connectivity index (χ4v) is 6.22. The number of amides is 8. The SMILES string of the molecule is C=C(C(=O)N(C)[C@@H](CC(C)C)C(=O)N[C@H](C(=O)N(C)[C@@H](CC(C)C)C(=O)N[C@H](C)C(=O)N[C@@H](C)C(=O)N(C)[C@@H](CC(C)C)C(=O)NC)C(C)C)N(C)C(=O)CCC. The fourth-order valence-electron chi connectivity index (χ4n) is 6.22. The lowest BCUT2D eigenvalue weighted by atomic mass is 9.96. The number of likely N-dealkylation sites (N-methyl/N-ethyl adjacent to an activating group) is 5. The van der Waals surface area contributed by atoms with Crippen molar-refractivity contribution in [2.75, 3.05) is 35.2 Å². The first-order valence-corrected chi connectivity index (χ1v) is 20.1. The molecule has 0 fully saturated rings. The maximum absolute atomic E-state index is 14.2. The molecule has 0 aromatic carbocycles. The maximum atomic E-state index is 14.2. The molecule has 0 rings (SSSR count). The van der Waals surface area contributed by atoms with Crippen LogP contribution >= 0.6 is 0 Å². The van der Waals surface area contributed by atoms with E-state index in [2.05, 4.69) is 27.8 Å². The zero-order valence-corrected chi connectivity index (χ0v) is 37.6. The van der Waals surface area contributed by atoms with Crippen LogP contribution in [-0.2, 0) is 38.4 Å². The molecule has 0 radical (unpaired) electrons. The Morgan fingerprint density at radius 2 is 0.947 bits per heavy atom. The van der Waals surface area contributed by atoms with E-state index in [1.165, 1.54) is 68.7 Å². The molecule has 0 aromatic rings. The van der Waals surface area contributed by atoms with Gasteiger partial charge in [0.15, 0.2) is 0 Å². The van der Waals surface area contributed by atoms with E-state index in [4.69, 9.17) is 0 Å². The Morgan fingerprint density at radius 1 is 0.544 bits per heavy atom. The molecule has 6 atom stereocenters. The van der Waals surface area contributed by atoms with Gasteiger partial charge in [-0.3, -0.25) is 38.4 Å². The molecule has 16 nitrogen and oxygen atoms in total. The van der Waals surface area contributed by atoms with Crippen molar-refractivity contribution in [1.29, 1.82) is 0 Å². The summed E-state index contributed by atoms with van der Waals surface area (Å²) in [6, 6.07) is -5.96. The topological polar surface area (TPSA) is 198 Å². The normalized spacial score (nSPS) is 14.5. The first-order chi connectivity index (χ1) is 26.2. The molecule has 0 bridgehead atoms. The maximum Gasteiger partial charge on any atom is 0.270 e. The Bertz CT molecular complexity index is 1430. The lowest BCUT2D eigenvalue weighted by Crippen LogP contribution is -2.60. The van der Waals surface area contributed by atoms with Gasteiger partial charge in [-0.2, -0.15) is 0 Å². The van der Waals surface area contributed by atoms with Gasteiger partial charge in [-0.05, 0) is 63.2 Å². The standard InChI is InChI=1S/C41H74N8O8/c1-18-19-33(50)46(14)29(12)40(56)48(16)32(22-25(6)7)38(54)45-34(26(8)9)41(57)49(17)31(21-24(4)5)37(53)43-27(10)35(51)44-28(11)39(55)47(15)30(20-23(2)3)36(52)42-13/h23-28,30-32,34H,12,18-22H2,1-11,13-17H3,(H,42,52)(H,43,53)(H,44,51)(H,45,54)/t27-,28+,30+,31+,32+,34+/m1/s1. The summed E-state index contributed by atoms with van der Waals surface area (Å²) in [5.41, 5.74) is -0.0798. The van der Waals surface area contributed by atoms with Gasteiger partial charge in [0.25, 0.3) is 5.91 Å². The van der Waals surface area contributed by atoms with Crippen LogP contribution in [0.1, 0.15) is 108 Å². The molecule has 0 aliphatic carbocycles. The second kappa shape index (κ2) is 24.3. The monoisotopic (exact) mass is 807 g/mol. The predicted molar refractivity (Wildman–Crippen MR) is 221 cm³/mol. The number of carbonyl (C=O) groups is 8. The summed E-state index contributed by atoms with van der Waals surface area (Å²) in [5, 5.41) is 10.7. The average molecular weight is 807 g/mol. The number of hydrogen-bond acceptors (Lipinski definition) is 8. The summed E-state index contributed by atoms with van der Waals surface area (Å²) < 4.78 is 0. The molecule has 0 aliphatic heterocycles. The predicted octanol–water partition coefficient (Wildman–Crippen LogP) is 2.27. The Hall–Kier alpha value is -4.50.